The Morgan fingerprint density at radius 2 is 2.06 bits per heavy atom. The number of aliphatic hydroxyl groups excluding tert-OH is 1. The van der Waals surface area contributed by atoms with E-state index in [-0.39, 0.29) is 6.61 Å². The number of primary amides is 1. The summed E-state index contributed by atoms with van der Waals surface area (Å²) < 4.78 is 0. The van der Waals surface area contributed by atoms with Crippen LogP contribution >= 0.6 is 0 Å². The van der Waals surface area contributed by atoms with Crippen molar-refractivity contribution in [3.05, 3.63) is 35.4 Å². The zero-order valence-electron chi connectivity index (χ0n) is 10.1. The maximum atomic E-state index is 10.9. The predicted octanol–water partition coefficient (Wildman–Crippen LogP) is 1.04. The highest BCUT2D eigenvalue weighted by atomic mass is 16.2. The second kappa shape index (κ2) is 7.04. The van der Waals surface area contributed by atoms with Gasteiger partial charge in [-0.05, 0) is 37.5 Å². The molecule has 0 fully saturated rings. The first-order valence-electron chi connectivity index (χ1n) is 5.86. The minimum atomic E-state index is -0.402. The minimum absolute atomic E-state index is 0.235. The Hall–Kier alpha value is -1.39. The van der Waals surface area contributed by atoms with Gasteiger partial charge in [0.15, 0.2) is 0 Å². The van der Waals surface area contributed by atoms with E-state index in [0.29, 0.717) is 11.6 Å². The van der Waals surface area contributed by atoms with Crippen LogP contribution in [0.2, 0.25) is 0 Å². The summed E-state index contributed by atoms with van der Waals surface area (Å²) in [6.45, 7) is 3.08. The van der Waals surface area contributed by atoms with Crippen LogP contribution < -0.4 is 11.1 Å². The van der Waals surface area contributed by atoms with Crippen molar-refractivity contribution in [3.63, 3.8) is 0 Å². The van der Waals surface area contributed by atoms with Crippen LogP contribution in [-0.2, 0) is 6.54 Å². The SMILES string of the molecule is CC(CCCO)NCc1ccc(C(N)=O)cc1. The summed E-state index contributed by atoms with van der Waals surface area (Å²) in [5, 5.41) is 12.1. The lowest BCUT2D eigenvalue weighted by Gasteiger charge is -2.13. The average molecular weight is 236 g/mol. The Morgan fingerprint density at radius 1 is 1.41 bits per heavy atom. The van der Waals surface area contributed by atoms with Crippen molar-refractivity contribution < 1.29 is 9.90 Å². The number of hydrogen-bond donors (Lipinski definition) is 3. The minimum Gasteiger partial charge on any atom is -0.396 e. The molecule has 0 aromatic heterocycles. The second-order valence-corrected chi connectivity index (χ2v) is 4.21. The molecule has 4 N–H and O–H groups in total. The van der Waals surface area contributed by atoms with E-state index in [2.05, 4.69) is 12.2 Å². The average Bonchev–Trinajstić information content (AvgIpc) is 2.34. The van der Waals surface area contributed by atoms with Crippen molar-refractivity contribution in [1.29, 1.82) is 0 Å². The summed E-state index contributed by atoms with van der Waals surface area (Å²) >= 11 is 0. The molecule has 0 spiro atoms. The van der Waals surface area contributed by atoms with Crippen molar-refractivity contribution in [1.82, 2.24) is 5.32 Å². The van der Waals surface area contributed by atoms with E-state index in [1.807, 2.05) is 12.1 Å². The highest BCUT2D eigenvalue weighted by Crippen LogP contribution is 2.05. The molecule has 0 bridgehead atoms. The van der Waals surface area contributed by atoms with Crippen LogP contribution in [0, 0.1) is 0 Å². The molecule has 0 saturated carbocycles. The molecule has 1 rings (SSSR count). The standard InChI is InChI=1S/C13H20N2O2/c1-10(3-2-8-16)15-9-11-4-6-12(7-5-11)13(14)17/h4-7,10,15-16H,2-3,8-9H2,1H3,(H2,14,17). The van der Waals surface area contributed by atoms with Crippen molar-refractivity contribution in [2.75, 3.05) is 6.61 Å². The molecule has 0 saturated heterocycles. The number of nitrogens with one attached hydrogen (secondary N) is 1. The van der Waals surface area contributed by atoms with Gasteiger partial charge in [-0.3, -0.25) is 4.79 Å². The fraction of sp³-hybridized carbons (Fsp3) is 0.462. The van der Waals surface area contributed by atoms with Crippen LogP contribution in [0.1, 0.15) is 35.7 Å². The van der Waals surface area contributed by atoms with Gasteiger partial charge in [0.2, 0.25) is 5.91 Å². The van der Waals surface area contributed by atoms with E-state index in [1.54, 1.807) is 12.1 Å². The molecule has 1 aromatic rings. The maximum absolute atomic E-state index is 10.9. The van der Waals surface area contributed by atoms with E-state index in [9.17, 15) is 4.79 Å². The fourth-order valence-electron chi connectivity index (χ4n) is 1.58. The lowest BCUT2D eigenvalue weighted by atomic mass is 10.1. The molecule has 94 valence electrons. The van der Waals surface area contributed by atoms with E-state index in [0.717, 1.165) is 24.9 Å². The molecule has 1 amide bonds. The summed E-state index contributed by atoms with van der Waals surface area (Å²) in [5.41, 5.74) is 6.81. The number of carbonyl (C=O) groups excluding carboxylic acids is 1. The normalized spacial score (nSPS) is 12.4. The molecule has 0 aliphatic carbocycles. The topological polar surface area (TPSA) is 75.3 Å². The van der Waals surface area contributed by atoms with Crippen LogP contribution in [0.4, 0.5) is 0 Å². The van der Waals surface area contributed by atoms with Crippen LogP contribution in [0.25, 0.3) is 0 Å². The van der Waals surface area contributed by atoms with E-state index < -0.39 is 5.91 Å². The number of carbonyl (C=O) groups is 1. The Morgan fingerprint density at radius 3 is 2.59 bits per heavy atom. The summed E-state index contributed by atoms with van der Waals surface area (Å²) in [6, 6.07) is 7.63. The Labute approximate surface area is 102 Å². The van der Waals surface area contributed by atoms with Crippen molar-refractivity contribution in [2.45, 2.75) is 32.4 Å². The van der Waals surface area contributed by atoms with Crippen LogP contribution in [-0.4, -0.2) is 23.7 Å². The van der Waals surface area contributed by atoms with Crippen molar-refractivity contribution >= 4 is 5.91 Å². The first kappa shape index (κ1) is 13.7. The lowest BCUT2D eigenvalue weighted by molar-refractivity contribution is 0.100. The Bertz CT molecular complexity index is 349. The Balaban J connectivity index is 2.39. The summed E-state index contributed by atoms with van der Waals surface area (Å²) in [5.74, 6) is -0.402. The molecule has 0 heterocycles. The molecule has 1 aromatic carbocycles. The van der Waals surface area contributed by atoms with E-state index in [1.165, 1.54) is 0 Å². The van der Waals surface area contributed by atoms with Gasteiger partial charge in [0.25, 0.3) is 0 Å². The molecule has 1 atom stereocenters. The molecule has 17 heavy (non-hydrogen) atoms. The first-order chi connectivity index (χ1) is 8.13. The highest BCUT2D eigenvalue weighted by molar-refractivity contribution is 5.92. The predicted molar refractivity (Wildman–Crippen MR) is 67.6 cm³/mol. The molecule has 4 heteroatoms. The fourth-order valence-corrected chi connectivity index (χ4v) is 1.58. The molecule has 1 unspecified atom stereocenters. The summed E-state index contributed by atoms with van der Waals surface area (Å²) in [6.07, 6.45) is 1.77. The zero-order chi connectivity index (χ0) is 12.7. The van der Waals surface area contributed by atoms with Crippen LogP contribution in [0.15, 0.2) is 24.3 Å². The van der Waals surface area contributed by atoms with Gasteiger partial charge < -0.3 is 16.2 Å². The first-order valence-corrected chi connectivity index (χ1v) is 5.86. The number of nitrogens with two attached hydrogens (primary N) is 1. The molecular weight excluding hydrogens is 216 g/mol. The van der Waals surface area contributed by atoms with Crippen molar-refractivity contribution in [3.8, 4) is 0 Å². The maximum Gasteiger partial charge on any atom is 0.248 e. The summed E-state index contributed by atoms with van der Waals surface area (Å²) in [7, 11) is 0. The highest BCUT2D eigenvalue weighted by Gasteiger charge is 2.02. The van der Waals surface area contributed by atoms with Gasteiger partial charge in [-0.25, -0.2) is 0 Å². The Kier molecular flexibility index (Phi) is 5.66. The molecule has 0 aliphatic heterocycles. The summed E-state index contributed by atoms with van der Waals surface area (Å²) in [4.78, 5) is 10.9. The molecule has 0 radical (unpaired) electrons. The van der Waals surface area contributed by atoms with Gasteiger partial charge in [-0.1, -0.05) is 12.1 Å². The molecule has 4 nitrogen and oxygen atoms in total. The van der Waals surface area contributed by atoms with Crippen LogP contribution in [0.3, 0.4) is 0 Å². The lowest BCUT2D eigenvalue weighted by Crippen LogP contribution is -2.25. The largest absolute Gasteiger partial charge is 0.396 e. The van der Waals surface area contributed by atoms with Gasteiger partial charge in [0.05, 0.1) is 0 Å². The third-order valence-corrected chi connectivity index (χ3v) is 2.69. The second-order valence-electron chi connectivity index (χ2n) is 4.21. The monoisotopic (exact) mass is 236 g/mol. The van der Waals surface area contributed by atoms with E-state index in [4.69, 9.17) is 10.8 Å². The third-order valence-electron chi connectivity index (χ3n) is 2.69. The van der Waals surface area contributed by atoms with Gasteiger partial charge in [0, 0.05) is 24.8 Å². The van der Waals surface area contributed by atoms with Gasteiger partial charge in [0.1, 0.15) is 0 Å². The zero-order valence-corrected chi connectivity index (χ0v) is 10.1. The van der Waals surface area contributed by atoms with Crippen molar-refractivity contribution in [2.24, 2.45) is 5.73 Å². The van der Waals surface area contributed by atoms with Gasteiger partial charge in [-0.15, -0.1) is 0 Å². The molecule has 0 aliphatic rings. The van der Waals surface area contributed by atoms with E-state index >= 15 is 0 Å². The number of amides is 1. The quantitative estimate of drug-likeness (QED) is 0.662. The number of rotatable bonds is 7. The number of benzene rings is 1. The van der Waals surface area contributed by atoms with Gasteiger partial charge in [-0.2, -0.15) is 0 Å². The number of aliphatic hydroxyl groups is 1. The third kappa shape index (κ3) is 4.97. The molecular formula is C13H20N2O2. The smallest absolute Gasteiger partial charge is 0.248 e. The van der Waals surface area contributed by atoms with Crippen LogP contribution in [0.5, 0.6) is 0 Å². The van der Waals surface area contributed by atoms with Gasteiger partial charge >= 0.3 is 0 Å². The number of hydrogen-bond acceptors (Lipinski definition) is 3.